The fourth-order valence-electron chi connectivity index (χ4n) is 4.52. The summed E-state index contributed by atoms with van der Waals surface area (Å²) in [6.07, 6.45) is 1.67. The Morgan fingerprint density at radius 1 is 1.11 bits per heavy atom. The lowest BCUT2D eigenvalue weighted by molar-refractivity contribution is -0.130. The maximum absolute atomic E-state index is 12.9. The number of aromatic nitrogens is 1. The number of aryl methyl sites for hydroxylation is 1. The Morgan fingerprint density at radius 2 is 1.86 bits per heavy atom. The fourth-order valence-corrected chi connectivity index (χ4v) is 4.52. The molecule has 1 aliphatic heterocycles. The highest BCUT2D eigenvalue weighted by Gasteiger charge is 2.30. The van der Waals surface area contributed by atoms with Gasteiger partial charge >= 0.3 is 0 Å². The van der Waals surface area contributed by atoms with E-state index in [0.717, 1.165) is 24.2 Å². The maximum Gasteiger partial charge on any atom is 0.242 e. The molecule has 0 spiro atoms. The molecule has 2 amide bonds. The number of hydrogen-bond donors (Lipinski definition) is 4. The number of nitrogens with two attached hydrogens (primary N) is 1. The van der Waals surface area contributed by atoms with Gasteiger partial charge in [-0.05, 0) is 67.1 Å². The number of anilines is 1. The van der Waals surface area contributed by atoms with Gasteiger partial charge in [-0.25, -0.2) is 4.98 Å². The number of amides is 2. The Hall–Kier alpha value is -2.87. The number of nitrogens with zero attached hydrogens (tertiary/aromatic N) is 1. The number of nitrogen functional groups attached to an aromatic ring is 1. The zero-order valence-electron chi connectivity index (χ0n) is 19.9. The first kappa shape index (κ1) is 28.4. The van der Waals surface area contributed by atoms with Crippen molar-refractivity contribution in [3.63, 3.8) is 0 Å². The number of piperidine rings is 1. The number of halogens is 2. The second kappa shape index (κ2) is 12.7. The van der Waals surface area contributed by atoms with Crippen LogP contribution in [0.1, 0.15) is 42.5 Å². The molecule has 2 heterocycles. The van der Waals surface area contributed by atoms with Crippen molar-refractivity contribution in [1.29, 1.82) is 0 Å². The summed E-state index contributed by atoms with van der Waals surface area (Å²) < 4.78 is 0. The van der Waals surface area contributed by atoms with Gasteiger partial charge in [-0.15, -0.1) is 24.8 Å². The third kappa shape index (κ3) is 6.84. The molecule has 0 radical (unpaired) electrons. The minimum atomic E-state index is -0.640. The fraction of sp³-hybridized carbons (Fsp3) is 0.346. The lowest BCUT2D eigenvalue weighted by atomic mass is 9.83. The molecule has 9 heteroatoms. The van der Waals surface area contributed by atoms with E-state index in [1.165, 1.54) is 16.3 Å². The molecule has 2 aromatic carbocycles. The lowest BCUT2D eigenvalue weighted by Crippen LogP contribution is -2.53. The molecule has 0 bridgehead atoms. The lowest BCUT2D eigenvalue weighted by Gasteiger charge is -2.31. The second-order valence-corrected chi connectivity index (χ2v) is 8.73. The average Bonchev–Trinajstić information content (AvgIpc) is 2.83. The van der Waals surface area contributed by atoms with Crippen LogP contribution in [0.25, 0.3) is 10.8 Å². The van der Waals surface area contributed by atoms with Gasteiger partial charge in [0.1, 0.15) is 11.9 Å². The van der Waals surface area contributed by atoms with Gasteiger partial charge in [0.2, 0.25) is 11.8 Å². The molecule has 1 aliphatic rings. The summed E-state index contributed by atoms with van der Waals surface area (Å²) in [6, 6.07) is 17.3. The first-order chi connectivity index (χ1) is 15.9. The van der Waals surface area contributed by atoms with Gasteiger partial charge in [0.15, 0.2) is 0 Å². The molecule has 3 atom stereocenters. The van der Waals surface area contributed by atoms with Gasteiger partial charge in [0.05, 0.1) is 6.04 Å². The SMILES string of the molecule is Cc1nc(N)ccc1CNC(=O)[C@H](C)NC(=O)[C@H]1C[C@H](c2cccc3ccccc23)CCN1.Cl.Cl. The zero-order chi connectivity index (χ0) is 23.4. The van der Waals surface area contributed by atoms with E-state index in [4.69, 9.17) is 5.73 Å². The Morgan fingerprint density at radius 3 is 2.63 bits per heavy atom. The Kier molecular flexibility index (Phi) is 10.3. The molecule has 1 aromatic heterocycles. The molecule has 4 rings (SSSR count). The number of pyridine rings is 1. The second-order valence-electron chi connectivity index (χ2n) is 8.73. The van der Waals surface area contributed by atoms with Crippen LogP contribution in [0.2, 0.25) is 0 Å². The molecule has 0 saturated carbocycles. The number of benzene rings is 2. The van der Waals surface area contributed by atoms with Crippen molar-refractivity contribution in [1.82, 2.24) is 20.9 Å². The molecule has 0 aliphatic carbocycles. The molecular weight excluding hydrogens is 485 g/mol. The molecule has 0 unspecified atom stereocenters. The third-order valence-corrected chi connectivity index (χ3v) is 6.41. The predicted octanol–water partition coefficient (Wildman–Crippen LogP) is 3.63. The van der Waals surface area contributed by atoms with Gasteiger partial charge in [-0.1, -0.05) is 48.5 Å². The number of nitrogens with one attached hydrogen (secondary N) is 3. The van der Waals surface area contributed by atoms with Crippen LogP contribution in [0.3, 0.4) is 0 Å². The highest BCUT2D eigenvalue weighted by molar-refractivity contribution is 5.90. The first-order valence-corrected chi connectivity index (χ1v) is 11.4. The molecule has 5 N–H and O–H groups in total. The standard InChI is InChI=1S/C26H31N5O2.2ClH/c1-16-20(10-11-24(27)30-16)15-29-25(32)17(2)31-26(33)23-14-19(12-13-28-23)22-9-5-7-18-6-3-4-8-21(18)22;;/h3-11,17,19,23,28H,12-15H2,1-2H3,(H2,27,30)(H,29,32)(H,31,33);2*1H/t17-,19+,23+;;/m0../s1. The molecular formula is C26H33Cl2N5O2. The number of hydrogen-bond acceptors (Lipinski definition) is 5. The third-order valence-electron chi connectivity index (χ3n) is 6.41. The number of fused-ring (bicyclic) bond motifs is 1. The summed E-state index contributed by atoms with van der Waals surface area (Å²) in [5.41, 5.74) is 8.63. The Balaban J connectivity index is 0.00000216. The number of rotatable bonds is 6. The number of carbonyl (C=O) groups excluding carboxylic acids is 2. The minimum Gasteiger partial charge on any atom is -0.384 e. The van der Waals surface area contributed by atoms with E-state index in [2.05, 4.69) is 57.3 Å². The highest BCUT2D eigenvalue weighted by Crippen LogP contribution is 2.33. The predicted molar refractivity (Wildman–Crippen MR) is 145 cm³/mol. The van der Waals surface area contributed by atoms with Crippen LogP contribution >= 0.6 is 24.8 Å². The summed E-state index contributed by atoms with van der Waals surface area (Å²) in [6.45, 7) is 4.65. The van der Waals surface area contributed by atoms with Crippen molar-refractivity contribution in [2.45, 2.75) is 51.2 Å². The summed E-state index contributed by atoms with van der Waals surface area (Å²) in [7, 11) is 0. The molecule has 35 heavy (non-hydrogen) atoms. The van der Waals surface area contributed by atoms with Gasteiger partial charge in [-0.2, -0.15) is 0 Å². The van der Waals surface area contributed by atoms with E-state index in [1.54, 1.807) is 13.0 Å². The van der Waals surface area contributed by atoms with E-state index in [0.29, 0.717) is 24.7 Å². The van der Waals surface area contributed by atoms with Crippen molar-refractivity contribution in [2.24, 2.45) is 0 Å². The van der Waals surface area contributed by atoms with Crippen molar-refractivity contribution >= 4 is 53.2 Å². The first-order valence-electron chi connectivity index (χ1n) is 11.4. The van der Waals surface area contributed by atoms with Gasteiger partial charge in [-0.3, -0.25) is 9.59 Å². The smallest absolute Gasteiger partial charge is 0.242 e. The van der Waals surface area contributed by atoms with Crippen molar-refractivity contribution in [3.8, 4) is 0 Å². The number of carbonyl (C=O) groups is 2. The van der Waals surface area contributed by atoms with Crippen molar-refractivity contribution in [2.75, 3.05) is 12.3 Å². The molecule has 7 nitrogen and oxygen atoms in total. The van der Waals surface area contributed by atoms with E-state index in [9.17, 15) is 9.59 Å². The van der Waals surface area contributed by atoms with Crippen LogP contribution in [0.5, 0.6) is 0 Å². The summed E-state index contributed by atoms with van der Waals surface area (Å²) in [4.78, 5) is 29.7. The summed E-state index contributed by atoms with van der Waals surface area (Å²) in [5, 5.41) is 11.5. The van der Waals surface area contributed by atoms with Gasteiger partial charge < -0.3 is 21.7 Å². The highest BCUT2D eigenvalue weighted by atomic mass is 35.5. The van der Waals surface area contributed by atoms with E-state index in [1.807, 2.05) is 19.1 Å². The van der Waals surface area contributed by atoms with Crippen molar-refractivity contribution in [3.05, 3.63) is 71.4 Å². The summed E-state index contributed by atoms with van der Waals surface area (Å²) >= 11 is 0. The average molecular weight is 518 g/mol. The normalized spacial score (nSPS) is 18.0. The topological polar surface area (TPSA) is 109 Å². The van der Waals surface area contributed by atoms with Crippen LogP contribution in [0.15, 0.2) is 54.6 Å². The van der Waals surface area contributed by atoms with Crippen LogP contribution in [0, 0.1) is 6.92 Å². The molecule has 3 aromatic rings. The zero-order valence-corrected chi connectivity index (χ0v) is 21.5. The Bertz CT molecular complexity index is 1170. The molecule has 1 saturated heterocycles. The van der Waals surface area contributed by atoms with Crippen molar-refractivity contribution < 1.29 is 9.59 Å². The van der Waals surface area contributed by atoms with Crippen LogP contribution in [0.4, 0.5) is 5.82 Å². The van der Waals surface area contributed by atoms with Gasteiger partial charge in [0.25, 0.3) is 0 Å². The quantitative estimate of drug-likeness (QED) is 0.399. The maximum atomic E-state index is 12.9. The van der Waals surface area contributed by atoms with Crippen LogP contribution in [-0.4, -0.2) is 35.4 Å². The molecule has 1 fully saturated rings. The van der Waals surface area contributed by atoms with Gasteiger partial charge in [0, 0.05) is 12.2 Å². The van der Waals surface area contributed by atoms with Crippen LogP contribution < -0.4 is 21.7 Å². The Labute approximate surface area is 218 Å². The van der Waals surface area contributed by atoms with E-state index < -0.39 is 6.04 Å². The summed E-state index contributed by atoms with van der Waals surface area (Å²) in [5.74, 6) is 0.358. The van der Waals surface area contributed by atoms with E-state index in [-0.39, 0.29) is 42.7 Å². The van der Waals surface area contributed by atoms with Crippen LogP contribution in [-0.2, 0) is 16.1 Å². The monoisotopic (exact) mass is 517 g/mol. The molecule has 188 valence electrons. The largest absolute Gasteiger partial charge is 0.384 e. The van der Waals surface area contributed by atoms with E-state index >= 15 is 0 Å². The minimum absolute atomic E-state index is 0.